The van der Waals surface area contributed by atoms with Crippen LogP contribution < -0.4 is 10.5 Å². The summed E-state index contributed by atoms with van der Waals surface area (Å²) < 4.78 is 5.85. The highest BCUT2D eigenvalue weighted by molar-refractivity contribution is 6.07. The van der Waals surface area contributed by atoms with Crippen molar-refractivity contribution in [3.63, 3.8) is 0 Å². The van der Waals surface area contributed by atoms with E-state index in [0.29, 0.717) is 17.4 Å². The van der Waals surface area contributed by atoms with Gasteiger partial charge in [-0.3, -0.25) is 4.79 Å². The Labute approximate surface area is 132 Å². The van der Waals surface area contributed by atoms with Crippen molar-refractivity contribution in [3.05, 3.63) is 41.3 Å². The van der Waals surface area contributed by atoms with E-state index in [9.17, 15) is 9.90 Å². The smallest absolute Gasteiger partial charge is 0.229 e. The second-order valence-electron chi connectivity index (χ2n) is 6.22. The van der Waals surface area contributed by atoms with E-state index in [1.54, 1.807) is 24.3 Å². The van der Waals surface area contributed by atoms with Gasteiger partial charge in [-0.05, 0) is 49.4 Å². The lowest BCUT2D eigenvalue weighted by atomic mass is 9.81. The number of aliphatic hydroxyl groups excluding tert-OH is 1. The van der Waals surface area contributed by atoms with Gasteiger partial charge in [0.15, 0.2) is 5.76 Å². The molecule has 0 heterocycles. The zero-order valence-electron chi connectivity index (χ0n) is 13.3. The summed E-state index contributed by atoms with van der Waals surface area (Å²) in [5.74, 6) is 1.21. The molecule has 1 aliphatic carbocycles. The fourth-order valence-electron chi connectivity index (χ4n) is 2.86. The topological polar surface area (TPSA) is 72.5 Å². The number of Topliss-reactive ketones (excluding diaryl/α,β-unsaturated/α-hetero) is 1. The van der Waals surface area contributed by atoms with E-state index in [4.69, 9.17) is 10.5 Å². The summed E-state index contributed by atoms with van der Waals surface area (Å²) in [4.78, 5) is 11.9. The highest BCUT2D eigenvalue weighted by Gasteiger charge is 2.21. The molecule has 4 nitrogen and oxygen atoms in total. The normalized spacial score (nSPS) is 22.8. The number of rotatable bonds is 5. The summed E-state index contributed by atoms with van der Waals surface area (Å²) in [6.45, 7) is 4.51. The molecule has 0 aromatic heterocycles. The first-order valence-electron chi connectivity index (χ1n) is 7.92. The maximum absolute atomic E-state index is 11.9. The van der Waals surface area contributed by atoms with Gasteiger partial charge in [0.25, 0.3) is 0 Å². The Morgan fingerprint density at radius 3 is 2.50 bits per heavy atom. The third-order valence-corrected chi connectivity index (χ3v) is 4.46. The molecule has 0 aliphatic heterocycles. The molecule has 0 radical (unpaired) electrons. The van der Waals surface area contributed by atoms with Crippen LogP contribution in [0.2, 0.25) is 0 Å². The van der Waals surface area contributed by atoms with Gasteiger partial charge in [-0.2, -0.15) is 0 Å². The molecule has 0 saturated heterocycles. The Morgan fingerprint density at radius 1 is 1.27 bits per heavy atom. The molecule has 2 atom stereocenters. The van der Waals surface area contributed by atoms with Gasteiger partial charge in [-0.1, -0.05) is 26.2 Å². The standard InChI is InChI=1S/C18H25NO3/c1-12-5-3-4-6-15(12)11-22-16-9-7-14(8-10-16)18(21)17(20)13(2)19/h7-10,12,15,20H,3-6,11,19H2,1-2H3/b17-13+. The van der Waals surface area contributed by atoms with Crippen LogP contribution >= 0.6 is 0 Å². The second-order valence-corrected chi connectivity index (χ2v) is 6.22. The van der Waals surface area contributed by atoms with Gasteiger partial charge in [0.2, 0.25) is 5.78 Å². The molecule has 0 bridgehead atoms. The monoisotopic (exact) mass is 303 g/mol. The van der Waals surface area contributed by atoms with Crippen LogP contribution in [0.3, 0.4) is 0 Å². The minimum absolute atomic E-state index is 0.122. The summed E-state index contributed by atoms with van der Waals surface area (Å²) in [5.41, 5.74) is 5.96. The van der Waals surface area contributed by atoms with Gasteiger partial charge in [-0.25, -0.2) is 0 Å². The minimum Gasteiger partial charge on any atom is -0.503 e. The number of ether oxygens (including phenoxy) is 1. The summed E-state index contributed by atoms with van der Waals surface area (Å²) in [7, 11) is 0. The van der Waals surface area contributed by atoms with Crippen molar-refractivity contribution in [3.8, 4) is 5.75 Å². The van der Waals surface area contributed by atoms with Gasteiger partial charge in [0.05, 0.1) is 12.3 Å². The minimum atomic E-state index is -0.465. The van der Waals surface area contributed by atoms with Crippen LogP contribution in [0.1, 0.15) is 49.9 Å². The SMILES string of the molecule is C/C(N)=C(\O)C(=O)c1ccc(OCC2CCCCC2C)cc1. The lowest BCUT2D eigenvalue weighted by Gasteiger charge is -2.28. The van der Waals surface area contributed by atoms with Crippen LogP contribution in [-0.2, 0) is 0 Å². The maximum atomic E-state index is 11.9. The molecule has 1 saturated carbocycles. The van der Waals surface area contributed by atoms with E-state index < -0.39 is 11.5 Å². The van der Waals surface area contributed by atoms with E-state index >= 15 is 0 Å². The summed E-state index contributed by atoms with van der Waals surface area (Å²) in [6.07, 6.45) is 5.12. The number of hydrogen-bond acceptors (Lipinski definition) is 4. The Kier molecular flexibility index (Phi) is 5.47. The second kappa shape index (κ2) is 7.34. The predicted octanol–water partition coefficient (Wildman–Crippen LogP) is 3.82. The van der Waals surface area contributed by atoms with E-state index in [2.05, 4.69) is 6.92 Å². The molecule has 1 aromatic rings. The fraction of sp³-hybridized carbons (Fsp3) is 0.500. The van der Waals surface area contributed by atoms with Gasteiger partial charge < -0.3 is 15.6 Å². The molecule has 0 spiro atoms. The third-order valence-electron chi connectivity index (χ3n) is 4.46. The first-order valence-corrected chi connectivity index (χ1v) is 7.92. The molecule has 4 heteroatoms. The van der Waals surface area contributed by atoms with Crippen molar-refractivity contribution < 1.29 is 14.6 Å². The highest BCUT2D eigenvalue weighted by Crippen LogP contribution is 2.30. The molecule has 3 N–H and O–H groups in total. The summed E-state index contributed by atoms with van der Waals surface area (Å²) >= 11 is 0. The Balaban J connectivity index is 1.94. The van der Waals surface area contributed by atoms with Crippen molar-refractivity contribution in [2.45, 2.75) is 39.5 Å². The van der Waals surface area contributed by atoms with Crippen molar-refractivity contribution in [2.75, 3.05) is 6.61 Å². The molecular formula is C18H25NO3. The number of ketones is 1. The number of allylic oxidation sites excluding steroid dienone is 2. The Bertz CT molecular complexity index is 544. The van der Waals surface area contributed by atoms with E-state index in [0.717, 1.165) is 12.4 Å². The number of carbonyl (C=O) groups is 1. The largest absolute Gasteiger partial charge is 0.503 e. The van der Waals surface area contributed by atoms with E-state index in [-0.39, 0.29) is 5.70 Å². The predicted molar refractivity (Wildman–Crippen MR) is 86.9 cm³/mol. The van der Waals surface area contributed by atoms with Crippen LogP contribution in [0, 0.1) is 11.8 Å². The zero-order chi connectivity index (χ0) is 16.1. The lowest BCUT2D eigenvalue weighted by Crippen LogP contribution is -2.23. The highest BCUT2D eigenvalue weighted by atomic mass is 16.5. The molecule has 22 heavy (non-hydrogen) atoms. The number of hydrogen-bond donors (Lipinski definition) is 2. The summed E-state index contributed by atoms with van der Waals surface area (Å²) in [5, 5.41) is 9.59. The van der Waals surface area contributed by atoms with Gasteiger partial charge in [0, 0.05) is 5.56 Å². The van der Waals surface area contributed by atoms with Crippen LogP contribution in [0.15, 0.2) is 35.7 Å². The lowest BCUT2D eigenvalue weighted by molar-refractivity contribution is 0.0975. The summed E-state index contributed by atoms with van der Waals surface area (Å²) in [6, 6.07) is 6.84. The van der Waals surface area contributed by atoms with Crippen LogP contribution in [0.25, 0.3) is 0 Å². The number of benzene rings is 1. The van der Waals surface area contributed by atoms with Crippen molar-refractivity contribution in [1.82, 2.24) is 0 Å². The first kappa shape index (κ1) is 16.4. The van der Waals surface area contributed by atoms with Crippen LogP contribution in [-0.4, -0.2) is 17.5 Å². The third kappa shape index (κ3) is 4.03. The average molecular weight is 303 g/mol. The molecule has 0 amide bonds. The van der Waals surface area contributed by atoms with Gasteiger partial charge in [-0.15, -0.1) is 0 Å². The maximum Gasteiger partial charge on any atom is 0.229 e. The molecule has 2 unspecified atom stereocenters. The van der Waals surface area contributed by atoms with Crippen LogP contribution in [0.5, 0.6) is 5.75 Å². The van der Waals surface area contributed by atoms with Crippen molar-refractivity contribution in [1.29, 1.82) is 0 Å². The Hall–Kier alpha value is -1.97. The molecule has 1 aromatic carbocycles. The average Bonchev–Trinajstić information content (AvgIpc) is 2.53. The number of carbonyl (C=O) groups excluding carboxylic acids is 1. The number of aliphatic hydroxyl groups is 1. The van der Waals surface area contributed by atoms with Crippen molar-refractivity contribution in [2.24, 2.45) is 17.6 Å². The molecule has 1 aliphatic rings. The Morgan fingerprint density at radius 2 is 1.91 bits per heavy atom. The first-order chi connectivity index (χ1) is 10.5. The van der Waals surface area contributed by atoms with Gasteiger partial charge >= 0.3 is 0 Å². The molecular weight excluding hydrogens is 278 g/mol. The van der Waals surface area contributed by atoms with E-state index in [1.165, 1.54) is 32.6 Å². The molecule has 2 rings (SSSR count). The molecule has 120 valence electrons. The van der Waals surface area contributed by atoms with E-state index in [1.807, 2.05) is 0 Å². The van der Waals surface area contributed by atoms with Crippen LogP contribution in [0.4, 0.5) is 0 Å². The zero-order valence-corrected chi connectivity index (χ0v) is 13.3. The fourth-order valence-corrected chi connectivity index (χ4v) is 2.86. The van der Waals surface area contributed by atoms with Gasteiger partial charge in [0.1, 0.15) is 5.75 Å². The quantitative estimate of drug-likeness (QED) is 0.493. The van der Waals surface area contributed by atoms with Crippen molar-refractivity contribution >= 4 is 5.78 Å². The molecule has 1 fully saturated rings. The number of nitrogens with two attached hydrogens (primary N) is 1.